The fraction of sp³-hybridized carbons (Fsp3) is 0.0667. The number of thioether (sulfide) groups is 1. The van der Waals surface area contributed by atoms with Gasteiger partial charge in [0.2, 0.25) is 0 Å². The van der Waals surface area contributed by atoms with E-state index in [-0.39, 0.29) is 18.4 Å². The Morgan fingerprint density at radius 3 is 2.13 bits per heavy atom. The molecular formula is C30H21Br2N3O2S. The Bertz CT molecular complexity index is 1690. The molecule has 1 aliphatic rings. The van der Waals surface area contributed by atoms with E-state index in [1.165, 1.54) is 16.8 Å². The van der Waals surface area contributed by atoms with E-state index >= 15 is 0 Å². The molecule has 6 rings (SSSR count). The maximum atomic E-state index is 13.6. The molecule has 1 aromatic heterocycles. The first kappa shape index (κ1) is 25.0. The molecule has 1 fully saturated rings. The van der Waals surface area contributed by atoms with Crippen molar-refractivity contribution < 1.29 is 9.59 Å². The summed E-state index contributed by atoms with van der Waals surface area (Å²) in [5.74, 6) is -0.510. The van der Waals surface area contributed by atoms with Crippen LogP contribution in [0, 0.1) is 0 Å². The van der Waals surface area contributed by atoms with E-state index in [4.69, 9.17) is 0 Å². The lowest BCUT2D eigenvalue weighted by Crippen LogP contribution is -2.45. The minimum Gasteiger partial charge on any atom is -0.331 e. The fourth-order valence-electron chi connectivity index (χ4n) is 4.77. The largest absolute Gasteiger partial charge is 0.331 e. The van der Waals surface area contributed by atoms with Crippen molar-refractivity contribution >= 4 is 83.3 Å². The van der Waals surface area contributed by atoms with Gasteiger partial charge in [-0.25, -0.2) is 5.01 Å². The number of nitrogens with one attached hydrogen (secondary N) is 1. The first-order valence-corrected chi connectivity index (χ1v) is 14.4. The highest BCUT2D eigenvalue weighted by molar-refractivity contribution is 9.10. The number of hydrogen-bond acceptors (Lipinski definition) is 3. The van der Waals surface area contributed by atoms with Gasteiger partial charge in [-0.2, -0.15) is 0 Å². The zero-order valence-corrected chi connectivity index (χ0v) is 24.0. The van der Waals surface area contributed by atoms with Crippen LogP contribution in [-0.4, -0.2) is 21.4 Å². The van der Waals surface area contributed by atoms with Crippen molar-refractivity contribution in [1.29, 1.82) is 0 Å². The SMILES string of the molecule is O=C(Cn1c2ccccc2c2ccccc21)NN1C(=O)/C(=C/c2cccc(Br)c2)SC1c1cccc(Br)c1. The fourth-order valence-corrected chi connectivity index (χ4v) is 6.78. The average molecular weight is 647 g/mol. The molecule has 2 amide bonds. The van der Waals surface area contributed by atoms with Gasteiger partial charge in [-0.15, -0.1) is 0 Å². The van der Waals surface area contributed by atoms with E-state index in [1.54, 1.807) is 0 Å². The molecule has 5 nitrogen and oxygen atoms in total. The molecule has 0 radical (unpaired) electrons. The second kappa shape index (κ2) is 10.4. The Morgan fingerprint density at radius 2 is 1.47 bits per heavy atom. The van der Waals surface area contributed by atoms with Crippen LogP contribution in [0.2, 0.25) is 0 Å². The summed E-state index contributed by atoms with van der Waals surface area (Å²) in [7, 11) is 0. The summed E-state index contributed by atoms with van der Waals surface area (Å²) in [6, 6.07) is 31.7. The van der Waals surface area contributed by atoms with Crippen molar-refractivity contribution in [1.82, 2.24) is 15.0 Å². The highest BCUT2D eigenvalue weighted by Gasteiger charge is 2.38. The number of carbonyl (C=O) groups excluding carboxylic acids is 2. The Morgan fingerprint density at radius 1 is 0.842 bits per heavy atom. The third kappa shape index (κ3) is 4.79. The van der Waals surface area contributed by atoms with Gasteiger partial charge in [0.1, 0.15) is 11.9 Å². The molecule has 188 valence electrons. The van der Waals surface area contributed by atoms with E-state index < -0.39 is 5.37 Å². The highest BCUT2D eigenvalue weighted by atomic mass is 79.9. The predicted molar refractivity (Wildman–Crippen MR) is 161 cm³/mol. The molecular weight excluding hydrogens is 626 g/mol. The number of aromatic nitrogens is 1. The number of nitrogens with zero attached hydrogens (tertiary/aromatic N) is 2. The Kier molecular flexibility index (Phi) is 6.86. The van der Waals surface area contributed by atoms with Gasteiger partial charge in [0.15, 0.2) is 0 Å². The van der Waals surface area contributed by atoms with Crippen LogP contribution in [-0.2, 0) is 16.1 Å². The lowest BCUT2D eigenvalue weighted by atomic mass is 10.2. The minimum absolute atomic E-state index is 0.0817. The molecule has 1 N–H and O–H groups in total. The Labute approximate surface area is 240 Å². The zero-order chi connectivity index (χ0) is 26.2. The standard InChI is InChI=1S/C30H21Br2N3O2S/c31-21-9-5-7-19(15-21)16-27-29(37)35(30(38-27)20-8-6-10-22(32)17-20)33-28(36)18-34-25-13-3-1-11-23(25)24-12-2-4-14-26(24)34/h1-17,30H,18H2,(H,33,36)/b27-16-. The van der Waals surface area contributed by atoms with Gasteiger partial charge in [0, 0.05) is 30.8 Å². The molecule has 1 unspecified atom stereocenters. The van der Waals surface area contributed by atoms with Crippen LogP contribution in [0.25, 0.3) is 27.9 Å². The molecule has 0 bridgehead atoms. The lowest BCUT2D eigenvalue weighted by molar-refractivity contribution is -0.138. The molecule has 0 spiro atoms. The summed E-state index contributed by atoms with van der Waals surface area (Å²) in [5.41, 5.74) is 6.70. The van der Waals surface area contributed by atoms with Crippen molar-refractivity contribution in [2.24, 2.45) is 0 Å². The number of carbonyl (C=O) groups is 2. The zero-order valence-electron chi connectivity index (χ0n) is 20.0. The van der Waals surface area contributed by atoms with E-state index in [0.717, 1.165) is 41.9 Å². The molecule has 2 heterocycles. The van der Waals surface area contributed by atoms with E-state index in [9.17, 15) is 9.59 Å². The third-order valence-corrected chi connectivity index (χ3v) is 8.65. The molecule has 38 heavy (non-hydrogen) atoms. The first-order chi connectivity index (χ1) is 18.5. The number of para-hydroxylation sites is 2. The van der Waals surface area contributed by atoms with Crippen LogP contribution in [0.4, 0.5) is 0 Å². The van der Waals surface area contributed by atoms with Crippen molar-refractivity contribution in [3.63, 3.8) is 0 Å². The van der Waals surface area contributed by atoms with Gasteiger partial charge >= 0.3 is 0 Å². The summed E-state index contributed by atoms with van der Waals surface area (Å²) < 4.78 is 3.84. The van der Waals surface area contributed by atoms with Gasteiger partial charge in [0.05, 0.1) is 4.91 Å². The maximum absolute atomic E-state index is 13.6. The van der Waals surface area contributed by atoms with Gasteiger partial charge < -0.3 is 4.57 Å². The maximum Gasteiger partial charge on any atom is 0.280 e. The summed E-state index contributed by atoms with van der Waals surface area (Å²) in [4.78, 5) is 27.7. The van der Waals surface area contributed by atoms with Gasteiger partial charge in [-0.1, -0.05) is 104 Å². The summed E-state index contributed by atoms with van der Waals surface area (Å²) in [6.07, 6.45) is 1.86. The van der Waals surface area contributed by atoms with Gasteiger partial charge in [0.25, 0.3) is 11.8 Å². The van der Waals surface area contributed by atoms with E-state index in [0.29, 0.717) is 4.91 Å². The number of hydrogen-bond donors (Lipinski definition) is 1. The number of halogens is 2. The number of fused-ring (bicyclic) bond motifs is 3. The van der Waals surface area contributed by atoms with Crippen LogP contribution in [0.5, 0.6) is 0 Å². The van der Waals surface area contributed by atoms with Gasteiger partial charge in [-0.05, 0) is 53.6 Å². The second-order valence-electron chi connectivity index (χ2n) is 8.92. The lowest BCUT2D eigenvalue weighted by Gasteiger charge is -2.24. The van der Waals surface area contributed by atoms with Gasteiger partial charge in [-0.3, -0.25) is 15.0 Å². The van der Waals surface area contributed by atoms with Crippen molar-refractivity contribution in [2.45, 2.75) is 11.9 Å². The van der Waals surface area contributed by atoms with E-state index in [1.807, 2.05) is 95.6 Å². The summed E-state index contributed by atoms with van der Waals surface area (Å²) in [6.45, 7) is 0.0817. The highest BCUT2D eigenvalue weighted by Crippen LogP contribution is 2.45. The number of rotatable bonds is 5. The second-order valence-corrected chi connectivity index (χ2v) is 11.9. The molecule has 8 heteroatoms. The normalized spacial score (nSPS) is 16.6. The monoisotopic (exact) mass is 645 g/mol. The molecule has 1 aliphatic heterocycles. The van der Waals surface area contributed by atoms with E-state index in [2.05, 4.69) is 49.4 Å². The number of benzene rings is 4. The number of hydrazine groups is 1. The Balaban J connectivity index is 1.34. The third-order valence-electron chi connectivity index (χ3n) is 6.41. The molecule has 1 atom stereocenters. The molecule has 4 aromatic carbocycles. The predicted octanol–water partition coefficient (Wildman–Crippen LogP) is 7.67. The van der Waals surface area contributed by atoms with Crippen LogP contribution >= 0.6 is 43.6 Å². The van der Waals surface area contributed by atoms with Crippen LogP contribution in [0.1, 0.15) is 16.5 Å². The van der Waals surface area contributed by atoms with Crippen LogP contribution in [0.15, 0.2) is 111 Å². The molecule has 1 saturated heterocycles. The Hall–Kier alpha value is -3.33. The first-order valence-electron chi connectivity index (χ1n) is 12.0. The minimum atomic E-state index is -0.402. The number of amides is 2. The molecule has 0 saturated carbocycles. The van der Waals surface area contributed by atoms with Crippen molar-refractivity contribution in [2.75, 3.05) is 0 Å². The smallest absolute Gasteiger partial charge is 0.280 e. The molecule has 5 aromatic rings. The van der Waals surface area contributed by atoms with Crippen molar-refractivity contribution in [3.8, 4) is 0 Å². The quantitative estimate of drug-likeness (QED) is 0.200. The van der Waals surface area contributed by atoms with Crippen molar-refractivity contribution in [3.05, 3.63) is 122 Å². The van der Waals surface area contributed by atoms with Crippen LogP contribution < -0.4 is 5.43 Å². The summed E-state index contributed by atoms with van der Waals surface area (Å²) >= 11 is 8.45. The average Bonchev–Trinajstić information content (AvgIpc) is 3.39. The topological polar surface area (TPSA) is 54.3 Å². The summed E-state index contributed by atoms with van der Waals surface area (Å²) in [5, 5.41) is 3.23. The molecule has 0 aliphatic carbocycles. The van der Waals surface area contributed by atoms with Crippen LogP contribution in [0.3, 0.4) is 0 Å².